The number of ketones is 1. The van der Waals surface area contributed by atoms with E-state index in [1.165, 1.54) is 19.3 Å². The van der Waals surface area contributed by atoms with Crippen molar-refractivity contribution >= 4 is 11.9 Å². The van der Waals surface area contributed by atoms with Crippen LogP contribution in [0.4, 0.5) is 0 Å². The van der Waals surface area contributed by atoms with Gasteiger partial charge in [-0.1, -0.05) is 12.1 Å². The third-order valence-corrected chi connectivity index (χ3v) is 3.02. The standard InChI is InChI=1S/C17H16O4/c1-20-14-9-6-12(7-10-14)15(18)11-8-13-4-3-5-16(19)17(13)21-2/h3-11,19H,1-2H3. The molecule has 0 amide bonds. The number of ether oxygens (including phenoxy) is 2. The topological polar surface area (TPSA) is 55.8 Å². The van der Waals surface area contributed by atoms with Gasteiger partial charge in [0, 0.05) is 11.1 Å². The van der Waals surface area contributed by atoms with Crippen LogP contribution >= 0.6 is 0 Å². The Morgan fingerprint density at radius 1 is 1.05 bits per heavy atom. The molecule has 0 aliphatic heterocycles. The summed E-state index contributed by atoms with van der Waals surface area (Å²) in [6, 6.07) is 11.8. The lowest BCUT2D eigenvalue weighted by Crippen LogP contribution is -1.94. The van der Waals surface area contributed by atoms with Crippen molar-refractivity contribution in [3.8, 4) is 17.2 Å². The second-order valence-electron chi connectivity index (χ2n) is 4.33. The van der Waals surface area contributed by atoms with Crippen molar-refractivity contribution < 1.29 is 19.4 Å². The van der Waals surface area contributed by atoms with Crippen LogP contribution in [0.5, 0.6) is 17.2 Å². The van der Waals surface area contributed by atoms with Crippen molar-refractivity contribution in [3.63, 3.8) is 0 Å². The van der Waals surface area contributed by atoms with E-state index in [9.17, 15) is 9.90 Å². The molecule has 0 radical (unpaired) electrons. The Labute approximate surface area is 123 Å². The predicted octanol–water partition coefficient (Wildman–Crippen LogP) is 3.31. The molecule has 0 fully saturated rings. The van der Waals surface area contributed by atoms with Gasteiger partial charge >= 0.3 is 0 Å². The molecular weight excluding hydrogens is 268 g/mol. The largest absolute Gasteiger partial charge is 0.504 e. The molecule has 0 heterocycles. The minimum atomic E-state index is -0.136. The van der Waals surface area contributed by atoms with E-state index >= 15 is 0 Å². The summed E-state index contributed by atoms with van der Waals surface area (Å²) in [6.45, 7) is 0. The predicted molar refractivity (Wildman–Crippen MR) is 81.0 cm³/mol. The van der Waals surface area contributed by atoms with Gasteiger partial charge in [0.2, 0.25) is 0 Å². The van der Waals surface area contributed by atoms with Crippen molar-refractivity contribution in [3.05, 3.63) is 59.7 Å². The van der Waals surface area contributed by atoms with Crippen LogP contribution < -0.4 is 9.47 Å². The molecule has 0 saturated heterocycles. The van der Waals surface area contributed by atoms with Crippen LogP contribution in [0.25, 0.3) is 6.08 Å². The Morgan fingerprint density at radius 2 is 1.76 bits per heavy atom. The Morgan fingerprint density at radius 3 is 2.38 bits per heavy atom. The van der Waals surface area contributed by atoms with E-state index in [0.29, 0.717) is 22.6 Å². The van der Waals surface area contributed by atoms with E-state index in [-0.39, 0.29) is 11.5 Å². The average molecular weight is 284 g/mol. The number of phenols is 1. The van der Waals surface area contributed by atoms with Crippen LogP contribution in [0.1, 0.15) is 15.9 Å². The van der Waals surface area contributed by atoms with Crippen LogP contribution in [0.3, 0.4) is 0 Å². The molecule has 1 N–H and O–H groups in total. The van der Waals surface area contributed by atoms with Crippen molar-refractivity contribution in [1.29, 1.82) is 0 Å². The molecule has 0 saturated carbocycles. The fourth-order valence-corrected chi connectivity index (χ4v) is 1.91. The molecule has 0 spiro atoms. The number of rotatable bonds is 5. The highest BCUT2D eigenvalue weighted by Gasteiger charge is 2.06. The number of phenolic OH excluding ortho intramolecular Hbond substituents is 1. The van der Waals surface area contributed by atoms with Crippen molar-refractivity contribution in [2.24, 2.45) is 0 Å². The van der Waals surface area contributed by atoms with Gasteiger partial charge < -0.3 is 14.6 Å². The summed E-state index contributed by atoms with van der Waals surface area (Å²) in [7, 11) is 3.04. The number of methoxy groups -OCH3 is 2. The van der Waals surface area contributed by atoms with E-state index in [2.05, 4.69) is 0 Å². The highest BCUT2D eigenvalue weighted by molar-refractivity contribution is 6.07. The monoisotopic (exact) mass is 284 g/mol. The van der Waals surface area contributed by atoms with Gasteiger partial charge in [0.1, 0.15) is 5.75 Å². The first-order valence-electron chi connectivity index (χ1n) is 6.38. The maximum Gasteiger partial charge on any atom is 0.185 e. The lowest BCUT2D eigenvalue weighted by Gasteiger charge is -2.06. The fraction of sp³-hybridized carbons (Fsp3) is 0.118. The molecule has 0 unspecified atom stereocenters. The normalized spacial score (nSPS) is 10.6. The zero-order chi connectivity index (χ0) is 15.2. The van der Waals surface area contributed by atoms with E-state index in [0.717, 1.165) is 0 Å². The molecule has 0 aliphatic carbocycles. The zero-order valence-corrected chi connectivity index (χ0v) is 11.9. The smallest absolute Gasteiger partial charge is 0.185 e. The molecule has 21 heavy (non-hydrogen) atoms. The Hall–Kier alpha value is -2.75. The number of hydrogen-bond acceptors (Lipinski definition) is 4. The number of para-hydroxylation sites is 1. The van der Waals surface area contributed by atoms with Gasteiger partial charge in [0.25, 0.3) is 0 Å². The van der Waals surface area contributed by atoms with Gasteiger partial charge in [-0.15, -0.1) is 0 Å². The Kier molecular flexibility index (Phi) is 4.61. The molecule has 0 aliphatic rings. The third kappa shape index (κ3) is 3.42. The van der Waals surface area contributed by atoms with E-state index in [4.69, 9.17) is 9.47 Å². The van der Waals surface area contributed by atoms with Gasteiger partial charge in [0.15, 0.2) is 17.3 Å². The van der Waals surface area contributed by atoms with Gasteiger partial charge in [0.05, 0.1) is 14.2 Å². The second kappa shape index (κ2) is 6.61. The molecule has 108 valence electrons. The Balaban J connectivity index is 2.20. The van der Waals surface area contributed by atoms with Crippen LogP contribution in [0.15, 0.2) is 48.5 Å². The van der Waals surface area contributed by atoms with E-state index in [1.54, 1.807) is 49.6 Å². The van der Waals surface area contributed by atoms with Gasteiger partial charge in [-0.2, -0.15) is 0 Å². The van der Waals surface area contributed by atoms with Crippen LogP contribution in [-0.4, -0.2) is 25.1 Å². The SMILES string of the molecule is COc1ccc(C(=O)C=Cc2cccc(O)c2OC)cc1. The first kappa shape index (κ1) is 14.7. The van der Waals surface area contributed by atoms with Crippen LogP contribution in [-0.2, 0) is 0 Å². The summed E-state index contributed by atoms with van der Waals surface area (Å²) >= 11 is 0. The molecular formula is C17H16O4. The maximum absolute atomic E-state index is 12.1. The minimum absolute atomic E-state index is 0.0385. The average Bonchev–Trinajstić information content (AvgIpc) is 2.52. The Bertz CT molecular complexity index is 657. The molecule has 2 rings (SSSR count). The van der Waals surface area contributed by atoms with Gasteiger partial charge in [-0.25, -0.2) is 0 Å². The number of carbonyl (C=O) groups excluding carboxylic acids is 1. The minimum Gasteiger partial charge on any atom is -0.504 e. The van der Waals surface area contributed by atoms with Crippen LogP contribution in [0, 0.1) is 0 Å². The van der Waals surface area contributed by atoms with E-state index < -0.39 is 0 Å². The first-order chi connectivity index (χ1) is 10.2. The van der Waals surface area contributed by atoms with Crippen LogP contribution in [0.2, 0.25) is 0 Å². The zero-order valence-electron chi connectivity index (χ0n) is 11.9. The van der Waals surface area contributed by atoms with E-state index in [1.807, 2.05) is 0 Å². The number of carbonyl (C=O) groups is 1. The summed E-state index contributed by atoms with van der Waals surface area (Å²) in [5, 5.41) is 9.67. The van der Waals surface area contributed by atoms with Crippen molar-refractivity contribution in [2.45, 2.75) is 0 Å². The highest BCUT2D eigenvalue weighted by atomic mass is 16.5. The lowest BCUT2D eigenvalue weighted by molar-refractivity contribution is 0.104. The molecule has 0 atom stereocenters. The summed E-state index contributed by atoms with van der Waals surface area (Å²) < 4.78 is 10.2. The lowest BCUT2D eigenvalue weighted by atomic mass is 10.1. The van der Waals surface area contributed by atoms with Crippen molar-refractivity contribution in [2.75, 3.05) is 14.2 Å². The number of aromatic hydroxyl groups is 1. The molecule has 2 aromatic rings. The highest BCUT2D eigenvalue weighted by Crippen LogP contribution is 2.30. The van der Waals surface area contributed by atoms with Crippen molar-refractivity contribution in [1.82, 2.24) is 0 Å². The number of allylic oxidation sites excluding steroid dienone is 1. The molecule has 0 bridgehead atoms. The molecule has 0 aromatic heterocycles. The molecule has 4 heteroatoms. The van der Waals surface area contributed by atoms with Gasteiger partial charge in [-0.05, 0) is 42.5 Å². The summed E-state index contributed by atoms with van der Waals surface area (Å²) in [5.41, 5.74) is 1.20. The number of hydrogen-bond donors (Lipinski definition) is 1. The summed E-state index contributed by atoms with van der Waals surface area (Å²) in [5.74, 6) is 0.945. The summed E-state index contributed by atoms with van der Waals surface area (Å²) in [4.78, 5) is 12.1. The fourth-order valence-electron chi connectivity index (χ4n) is 1.91. The van der Waals surface area contributed by atoms with Gasteiger partial charge in [-0.3, -0.25) is 4.79 Å². The molecule has 4 nitrogen and oxygen atoms in total. The first-order valence-corrected chi connectivity index (χ1v) is 6.38. The second-order valence-corrected chi connectivity index (χ2v) is 4.33. The number of benzene rings is 2. The summed E-state index contributed by atoms with van der Waals surface area (Å²) in [6.07, 6.45) is 3.06. The third-order valence-electron chi connectivity index (χ3n) is 3.02. The molecule has 2 aromatic carbocycles. The maximum atomic E-state index is 12.1. The quantitative estimate of drug-likeness (QED) is 0.676.